The SMILES string of the molecule is NC1CCC(NC(=O)c2ccn3c(NC4CCCCC4)c(-c4cc(F)ccc4F)nc3c2)CC1. The maximum atomic E-state index is 14.7. The van der Waals surface area contributed by atoms with Crippen molar-refractivity contribution in [3.8, 4) is 11.3 Å². The molecule has 0 atom stereocenters. The van der Waals surface area contributed by atoms with Gasteiger partial charge in [0.1, 0.15) is 28.8 Å². The van der Waals surface area contributed by atoms with Crippen molar-refractivity contribution in [1.82, 2.24) is 14.7 Å². The van der Waals surface area contributed by atoms with Gasteiger partial charge in [0.2, 0.25) is 0 Å². The normalized spacial score (nSPS) is 21.5. The molecule has 5 rings (SSSR count). The van der Waals surface area contributed by atoms with Crippen molar-refractivity contribution in [2.75, 3.05) is 5.32 Å². The summed E-state index contributed by atoms with van der Waals surface area (Å²) < 4.78 is 30.6. The molecule has 0 aliphatic heterocycles. The first-order valence-electron chi connectivity index (χ1n) is 12.3. The number of carbonyl (C=O) groups excluding carboxylic acids is 1. The molecule has 1 amide bonds. The Morgan fingerprint density at radius 3 is 2.50 bits per heavy atom. The summed E-state index contributed by atoms with van der Waals surface area (Å²) in [6, 6.07) is 7.41. The van der Waals surface area contributed by atoms with Crippen LogP contribution in [0.4, 0.5) is 14.6 Å². The van der Waals surface area contributed by atoms with Gasteiger partial charge >= 0.3 is 0 Å². The molecule has 180 valence electrons. The van der Waals surface area contributed by atoms with Crippen LogP contribution in [-0.2, 0) is 0 Å². The van der Waals surface area contributed by atoms with Crippen LogP contribution in [-0.4, -0.2) is 33.4 Å². The molecule has 6 nitrogen and oxygen atoms in total. The largest absolute Gasteiger partial charge is 0.367 e. The van der Waals surface area contributed by atoms with Crippen molar-refractivity contribution in [3.05, 3.63) is 53.7 Å². The maximum Gasteiger partial charge on any atom is 0.251 e. The molecule has 8 heteroatoms. The van der Waals surface area contributed by atoms with Crippen LogP contribution >= 0.6 is 0 Å². The highest BCUT2D eigenvalue weighted by Crippen LogP contribution is 2.33. The fraction of sp³-hybridized carbons (Fsp3) is 0.462. The van der Waals surface area contributed by atoms with Gasteiger partial charge in [-0.25, -0.2) is 13.8 Å². The highest BCUT2D eigenvalue weighted by molar-refractivity contribution is 5.95. The van der Waals surface area contributed by atoms with Gasteiger partial charge in [0.25, 0.3) is 5.91 Å². The molecule has 0 bridgehead atoms. The number of hydrogen-bond acceptors (Lipinski definition) is 4. The van der Waals surface area contributed by atoms with Crippen LogP contribution in [0, 0.1) is 11.6 Å². The van der Waals surface area contributed by atoms with E-state index in [9.17, 15) is 13.6 Å². The van der Waals surface area contributed by atoms with Gasteiger partial charge in [-0.2, -0.15) is 0 Å². The second-order valence-corrected chi connectivity index (χ2v) is 9.64. The molecule has 0 saturated heterocycles. The number of nitrogens with two attached hydrogens (primary N) is 1. The van der Waals surface area contributed by atoms with E-state index >= 15 is 0 Å². The van der Waals surface area contributed by atoms with Crippen molar-refractivity contribution in [2.45, 2.75) is 75.9 Å². The van der Waals surface area contributed by atoms with Gasteiger partial charge < -0.3 is 16.4 Å². The first kappa shape index (κ1) is 22.8. The molecular formula is C26H31F2N5O. The third-order valence-corrected chi connectivity index (χ3v) is 7.12. The second-order valence-electron chi connectivity index (χ2n) is 9.64. The number of fused-ring (bicyclic) bond motifs is 1. The van der Waals surface area contributed by atoms with Crippen molar-refractivity contribution in [1.29, 1.82) is 0 Å². The number of nitrogens with one attached hydrogen (secondary N) is 2. The van der Waals surface area contributed by atoms with E-state index in [1.54, 1.807) is 18.3 Å². The van der Waals surface area contributed by atoms with Gasteiger partial charge in [0, 0.05) is 35.4 Å². The van der Waals surface area contributed by atoms with Crippen LogP contribution in [0.5, 0.6) is 0 Å². The Labute approximate surface area is 197 Å². The van der Waals surface area contributed by atoms with Gasteiger partial charge in [-0.1, -0.05) is 19.3 Å². The van der Waals surface area contributed by atoms with Crippen LogP contribution in [0.1, 0.15) is 68.1 Å². The quantitative estimate of drug-likeness (QED) is 0.492. The van der Waals surface area contributed by atoms with E-state index in [-0.39, 0.29) is 29.6 Å². The van der Waals surface area contributed by atoms with Crippen molar-refractivity contribution in [2.24, 2.45) is 5.73 Å². The number of anilines is 1. The van der Waals surface area contributed by atoms with Crippen LogP contribution in [0.2, 0.25) is 0 Å². The number of rotatable bonds is 5. The predicted octanol–water partition coefficient (Wildman–Crippen LogP) is 5.02. The summed E-state index contributed by atoms with van der Waals surface area (Å²) in [6.45, 7) is 0. The summed E-state index contributed by atoms with van der Waals surface area (Å²) in [5.74, 6) is -0.597. The fourth-order valence-corrected chi connectivity index (χ4v) is 5.16. The Kier molecular flexibility index (Phi) is 6.50. The highest BCUT2D eigenvalue weighted by Gasteiger charge is 2.24. The van der Waals surface area contributed by atoms with Crippen LogP contribution < -0.4 is 16.4 Å². The minimum atomic E-state index is -0.537. The van der Waals surface area contributed by atoms with Gasteiger partial charge in [0.15, 0.2) is 0 Å². The Hall–Kier alpha value is -3.00. The molecule has 2 saturated carbocycles. The van der Waals surface area contributed by atoms with Crippen LogP contribution in [0.15, 0.2) is 36.5 Å². The maximum absolute atomic E-state index is 14.7. The van der Waals surface area contributed by atoms with Crippen LogP contribution in [0.3, 0.4) is 0 Å². The summed E-state index contributed by atoms with van der Waals surface area (Å²) in [5, 5.41) is 6.63. The molecule has 0 unspecified atom stereocenters. The van der Waals surface area contributed by atoms with E-state index in [0.717, 1.165) is 63.5 Å². The molecule has 2 fully saturated rings. The van der Waals surface area contributed by atoms with E-state index in [0.29, 0.717) is 22.7 Å². The number of aromatic nitrogens is 2. The van der Waals surface area contributed by atoms with E-state index in [4.69, 9.17) is 5.73 Å². The van der Waals surface area contributed by atoms with Gasteiger partial charge in [-0.05, 0) is 68.9 Å². The summed E-state index contributed by atoms with van der Waals surface area (Å²) >= 11 is 0. The summed E-state index contributed by atoms with van der Waals surface area (Å²) in [4.78, 5) is 17.6. The van der Waals surface area contributed by atoms with E-state index in [1.165, 1.54) is 12.5 Å². The number of carbonyl (C=O) groups is 1. The molecule has 0 spiro atoms. The van der Waals surface area contributed by atoms with Gasteiger partial charge in [-0.15, -0.1) is 0 Å². The lowest BCUT2D eigenvalue weighted by Gasteiger charge is -2.26. The lowest BCUT2D eigenvalue weighted by molar-refractivity contribution is 0.0926. The molecule has 2 aliphatic carbocycles. The molecule has 34 heavy (non-hydrogen) atoms. The van der Waals surface area contributed by atoms with Crippen molar-refractivity contribution >= 4 is 17.4 Å². The lowest BCUT2D eigenvalue weighted by Crippen LogP contribution is -2.40. The average Bonchev–Trinajstić information content (AvgIpc) is 3.20. The number of hydrogen-bond donors (Lipinski definition) is 3. The smallest absolute Gasteiger partial charge is 0.251 e. The highest BCUT2D eigenvalue weighted by atomic mass is 19.1. The molecule has 2 aromatic heterocycles. The number of halogens is 2. The summed E-state index contributed by atoms with van der Waals surface area (Å²) in [5.41, 5.74) is 7.42. The van der Waals surface area contributed by atoms with Crippen LogP contribution in [0.25, 0.3) is 16.9 Å². The molecule has 3 aromatic rings. The minimum absolute atomic E-state index is 0.103. The molecular weight excluding hydrogens is 436 g/mol. The first-order valence-corrected chi connectivity index (χ1v) is 12.3. The van der Waals surface area contributed by atoms with E-state index in [1.807, 2.05) is 4.40 Å². The molecule has 1 aromatic carbocycles. The Balaban J connectivity index is 1.49. The monoisotopic (exact) mass is 467 g/mol. The Bertz CT molecular complexity index is 1180. The Morgan fingerprint density at radius 2 is 1.74 bits per heavy atom. The van der Waals surface area contributed by atoms with Crippen molar-refractivity contribution < 1.29 is 13.6 Å². The minimum Gasteiger partial charge on any atom is -0.367 e. The predicted molar refractivity (Wildman–Crippen MR) is 129 cm³/mol. The number of pyridine rings is 1. The van der Waals surface area contributed by atoms with Crippen molar-refractivity contribution in [3.63, 3.8) is 0 Å². The standard InChI is InChI=1S/C26H31F2N5O/c27-17-6-11-22(28)21(15-17)24-25(30-19-4-2-1-3-5-19)33-13-12-16(14-23(33)32-24)26(34)31-20-9-7-18(29)8-10-20/h6,11-15,18-20,30H,1-5,7-10,29H2,(H,31,34). The first-order chi connectivity index (χ1) is 16.5. The number of amides is 1. The second kappa shape index (κ2) is 9.70. The molecule has 4 N–H and O–H groups in total. The molecule has 2 heterocycles. The van der Waals surface area contributed by atoms with E-state index < -0.39 is 11.6 Å². The molecule has 2 aliphatic rings. The number of imidazole rings is 1. The third kappa shape index (κ3) is 4.78. The van der Waals surface area contributed by atoms with E-state index in [2.05, 4.69) is 15.6 Å². The number of nitrogens with zero attached hydrogens (tertiary/aromatic N) is 2. The number of benzene rings is 1. The Morgan fingerprint density at radius 1 is 0.971 bits per heavy atom. The average molecular weight is 468 g/mol. The zero-order chi connectivity index (χ0) is 23.7. The summed E-state index contributed by atoms with van der Waals surface area (Å²) in [7, 11) is 0. The van der Waals surface area contributed by atoms with Gasteiger partial charge in [-0.3, -0.25) is 9.20 Å². The topological polar surface area (TPSA) is 84.5 Å². The summed E-state index contributed by atoms with van der Waals surface area (Å²) in [6.07, 6.45) is 10.8. The molecule has 0 radical (unpaired) electrons. The third-order valence-electron chi connectivity index (χ3n) is 7.12. The lowest BCUT2D eigenvalue weighted by atomic mass is 9.91. The zero-order valence-electron chi connectivity index (χ0n) is 19.2. The fourth-order valence-electron chi connectivity index (χ4n) is 5.16. The zero-order valence-corrected chi connectivity index (χ0v) is 19.2. The van der Waals surface area contributed by atoms with Gasteiger partial charge in [0.05, 0.1) is 0 Å².